The van der Waals surface area contributed by atoms with Crippen molar-refractivity contribution in [2.24, 2.45) is 0 Å². The molecule has 0 fully saturated rings. The van der Waals surface area contributed by atoms with Gasteiger partial charge in [-0.2, -0.15) is 0 Å². The number of hydrogen-bond donors (Lipinski definition) is 1. The summed E-state index contributed by atoms with van der Waals surface area (Å²) in [5, 5.41) is 10.6. The van der Waals surface area contributed by atoms with Crippen LogP contribution in [0.1, 0.15) is 6.92 Å². The van der Waals surface area contributed by atoms with Crippen molar-refractivity contribution >= 4 is 24.2 Å². The fraction of sp³-hybridized carbons (Fsp3) is 0.143. The lowest BCUT2D eigenvalue weighted by Gasteiger charge is -2.15. The van der Waals surface area contributed by atoms with Crippen molar-refractivity contribution in [1.29, 1.82) is 0 Å². The average molecular weight is 339 g/mol. The van der Waals surface area contributed by atoms with Crippen molar-refractivity contribution in [2.75, 3.05) is 6.61 Å². The van der Waals surface area contributed by atoms with Crippen LogP contribution in [0.4, 0.5) is 5.69 Å². The Morgan fingerprint density at radius 1 is 1.14 bits per heavy atom. The zero-order valence-corrected chi connectivity index (χ0v) is 13.4. The van der Waals surface area contributed by atoms with E-state index in [0.717, 1.165) is 11.1 Å². The summed E-state index contributed by atoms with van der Waals surface area (Å²) < 4.78 is 10.2. The van der Waals surface area contributed by atoms with Crippen LogP contribution in [0.15, 0.2) is 48.5 Å². The van der Waals surface area contributed by atoms with Gasteiger partial charge < -0.3 is 9.42 Å². The molecule has 0 bridgehead atoms. The number of nitro groups is 1. The van der Waals surface area contributed by atoms with Gasteiger partial charge in [-0.05, 0) is 42.3 Å². The highest BCUT2D eigenvalue weighted by Gasteiger charge is 2.15. The predicted molar refractivity (Wildman–Crippen MR) is 87.3 cm³/mol. The second kappa shape index (κ2) is 6.98. The van der Waals surface area contributed by atoms with Gasteiger partial charge in [0.15, 0.2) is 0 Å². The van der Waals surface area contributed by atoms with Gasteiger partial charge in [-0.15, -0.1) is 0 Å². The molecule has 0 amide bonds. The predicted octanol–water partition coefficient (Wildman–Crippen LogP) is 3.89. The first kappa shape index (κ1) is 16.6. The molecule has 8 heteroatoms. The average Bonchev–Trinajstić information content (AvgIpc) is 2.47. The number of benzene rings is 2. The lowest BCUT2D eigenvalue weighted by molar-refractivity contribution is -0.384. The van der Waals surface area contributed by atoms with Crippen molar-refractivity contribution in [3.8, 4) is 16.9 Å². The van der Waals surface area contributed by atoms with Gasteiger partial charge in [0.05, 0.1) is 11.5 Å². The van der Waals surface area contributed by atoms with Gasteiger partial charge in [0, 0.05) is 23.9 Å². The van der Waals surface area contributed by atoms with Crippen molar-refractivity contribution in [3.05, 3.63) is 58.6 Å². The minimum absolute atomic E-state index is 0.0430. The summed E-state index contributed by atoms with van der Waals surface area (Å²) in [7, 11) is 0. The van der Waals surface area contributed by atoms with Gasteiger partial charge in [-0.25, -0.2) is 0 Å². The van der Waals surface area contributed by atoms with E-state index in [4.69, 9.17) is 20.9 Å². The van der Waals surface area contributed by atoms with Crippen LogP contribution in [0, 0.1) is 10.1 Å². The zero-order valence-electron chi connectivity index (χ0n) is 11.7. The monoisotopic (exact) mass is 339 g/mol. The van der Waals surface area contributed by atoms with Crippen molar-refractivity contribution in [1.82, 2.24) is 0 Å². The molecule has 0 aromatic heterocycles. The van der Waals surface area contributed by atoms with Gasteiger partial charge in [0.2, 0.25) is 0 Å². The first-order valence-corrected chi connectivity index (χ1v) is 9.02. The Balaban J connectivity index is 2.15. The SMILES string of the molecule is CCOP(O)(=S)Oc1ccc(-c2ccc([N+](=O)[O-])cc2)cc1. The highest BCUT2D eigenvalue weighted by molar-refractivity contribution is 8.07. The molecule has 2 aromatic rings. The first-order valence-electron chi connectivity index (χ1n) is 6.43. The Kier molecular flexibility index (Phi) is 5.26. The Labute approximate surface area is 132 Å². The third-order valence-corrected chi connectivity index (χ3v) is 4.34. The van der Waals surface area contributed by atoms with E-state index in [1.165, 1.54) is 12.1 Å². The molecule has 0 heterocycles. The van der Waals surface area contributed by atoms with Crippen LogP contribution in [0.2, 0.25) is 0 Å². The maximum Gasteiger partial charge on any atom is 0.377 e. The van der Waals surface area contributed by atoms with Gasteiger partial charge in [0.1, 0.15) is 5.75 Å². The number of nitrogens with zero attached hydrogens (tertiary/aromatic N) is 1. The van der Waals surface area contributed by atoms with E-state index >= 15 is 0 Å². The van der Waals surface area contributed by atoms with Gasteiger partial charge in [-0.1, -0.05) is 12.1 Å². The molecule has 22 heavy (non-hydrogen) atoms. The third kappa shape index (κ3) is 4.35. The molecule has 0 spiro atoms. The van der Waals surface area contributed by atoms with Crippen LogP contribution in [-0.4, -0.2) is 16.4 Å². The van der Waals surface area contributed by atoms with E-state index in [9.17, 15) is 15.0 Å². The van der Waals surface area contributed by atoms with Crippen molar-refractivity contribution in [2.45, 2.75) is 6.92 Å². The molecule has 0 radical (unpaired) electrons. The van der Waals surface area contributed by atoms with Gasteiger partial charge in [0.25, 0.3) is 5.69 Å². The van der Waals surface area contributed by atoms with Crippen LogP contribution in [0.3, 0.4) is 0 Å². The van der Waals surface area contributed by atoms with Crippen LogP contribution < -0.4 is 4.52 Å². The molecule has 2 rings (SSSR count). The molecule has 0 saturated carbocycles. The molecular formula is C14H14NO5PS. The van der Waals surface area contributed by atoms with E-state index in [1.807, 2.05) is 0 Å². The van der Waals surface area contributed by atoms with E-state index < -0.39 is 11.6 Å². The lowest BCUT2D eigenvalue weighted by atomic mass is 10.1. The summed E-state index contributed by atoms with van der Waals surface area (Å²) in [6.07, 6.45) is 0. The molecule has 0 saturated heterocycles. The largest absolute Gasteiger partial charge is 0.424 e. The number of rotatable bonds is 6. The summed E-state index contributed by atoms with van der Waals surface area (Å²) in [5.41, 5.74) is 1.75. The van der Waals surface area contributed by atoms with Crippen LogP contribution in [-0.2, 0) is 16.3 Å². The molecule has 1 atom stereocenters. The Morgan fingerprint density at radius 2 is 1.64 bits per heavy atom. The third-order valence-electron chi connectivity index (χ3n) is 2.78. The fourth-order valence-electron chi connectivity index (χ4n) is 1.81. The molecular weight excluding hydrogens is 325 g/mol. The molecule has 0 aliphatic carbocycles. The van der Waals surface area contributed by atoms with E-state index in [2.05, 4.69) is 0 Å². The van der Waals surface area contributed by atoms with Crippen LogP contribution in [0.5, 0.6) is 5.75 Å². The summed E-state index contributed by atoms with van der Waals surface area (Å²) in [6, 6.07) is 13.1. The maximum absolute atomic E-state index is 10.6. The summed E-state index contributed by atoms with van der Waals surface area (Å²) in [4.78, 5) is 19.9. The van der Waals surface area contributed by atoms with E-state index in [1.54, 1.807) is 43.3 Å². The second-order valence-electron chi connectivity index (χ2n) is 4.31. The fourth-order valence-corrected chi connectivity index (χ4v) is 3.15. The number of non-ortho nitro benzene ring substituents is 1. The summed E-state index contributed by atoms with van der Waals surface area (Å²) in [5.74, 6) is 0.407. The minimum atomic E-state index is -3.26. The Hall–Kier alpha value is -1.79. The number of nitro benzene ring substituents is 1. The van der Waals surface area contributed by atoms with Gasteiger partial charge >= 0.3 is 6.72 Å². The molecule has 116 valence electrons. The van der Waals surface area contributed by atoms with Crippen LogP contribution >= 0.6 is 6.72 Å². The van der Waals surface area contributed by atoms with E-state index in [0.29, 0.717) is 5.75 Å². The molecule has 2 aromatic carbocycles. The minimum Gasteiger partial charge on any atom is -0.424 e. The first-order chi connectivity index (χ1) is 10.4. The highest BCUT2D eigenvalue weighted by atomic mass is 32.5. The zero-order chi connectivity index (χ0) is 16.2. The molecule has 1 N–H and O–H groups in total. The maximum atomic E-state index is 10.6. The summed E-state index contributed by atoms with van der Waals surface area (Å²) in [6.45, 7) is -1.27. The molecule has 0 aliphatic rings. The van der Waals surface area contributed by atoms with E-state index in [-0.39, 0.29) is 12.3 Å². The standard InChI is InChI=1S/C14H14NO5PS/c1-2-19-21(18,22)20-14-9-5-12(6-10-14)11-3-7-13(8-4-11)15(16)17/h3-10H,2H2,1H3,(H,18,22). The quantitative estimate of drug-likeness (QED) is 0.488. The molecule has 6 nitrogen and oxygen atoms in total. The van der Waals surface area contributed by atoms with Crippen LogP contribution in [0.25, 0.3) is 11.1 Å². The topological polar surface area (TPSA) is 81.8 Å². The van der Waals surface area contributed by atoms with Gasteiger partial charge in [-0.3, -0.25) is 14.6 Å². The number of hydrogen-bond acceptors (Lipinski definition) is 5. The summed E-state index contributed by atoms with van der Waals surface area (Å²) >= 11 is 4.85. The Bertz CT molecular complexity index is 702. The lowest BCUT2D eigenvalue weighted by Crippen LogP contribution is -1.96. The Morgan fingerprint density at radius 3 is 2.09 bits per heavy atom. The smallest absolute Gasteiger partial charge is 0.377 e. The molecule has 0 aliphatic heterocycles. The van der Waals surface area contributed by atoms with Crippen molar-refractivity contribution in [3.63, 3.8) is 0 Å². The highest BCUT2D eigenvalue weighted by Crippen LogP contribution is 2.44. The second-order valence-corrected chi connectivity index (χ2v) is 7.07. The normalized spacial score (nSPS) is 13.4. The van der Waals surface area contributed by atoms with Crippen molar-refractivity contribution < 1.29 is 18.9 Å². The molecule has 1 unspecified atom stereocenters.